The van der Waals surface area contributed by atoms with E-state index in [0.29, 0.717) is 0 Å². The minimum atomic E-state index is -0.563. The van der Waals surface area contributed by atoms with Crippen molar-refractivity contribution in [2.24, 2.45) is 0 Å². The Balaban J connectivity index is 2.22. The second kappa shape index (κ2) is 6.34. The fourth-order valence-corrected chi connectivity index (χ4v) is 4.39. The van der Waals surface area contributed by atoms with Gasteiger partial charge in [0.15, 0.2) is 0 Å². The molecule has 0 fully saturated rings. The lowest BCUT2D eigenvalue weighted by Gasteiger charge is -2.51. The summed E-state index contributed by atoms with van der Waals surface area (Å²) < 4.78 is 0. The van der Waals surface area contributed by atoms with E-state index in [2.05, 4.69) is 39.0 Å². The maximum absolute atomic E-state index is 12.8. The number of hydrogen-bond donors (Lipinski definition) is 0. The molecule has 0 spiro atoms. The van der Waals surface area contributed by atoms with Gasteiger partial charge >= 0.3 is 0 Å². The first-order valence-electron chi connectivity index (χ1n) is 8.50. The fourth-order valence-electron chi connectivity index (χ4n) is 4.17. The molecule has 132 valence electrons. The molecule has 2 aromatic carbocycles. The van der Waals surface area contributed by atoms with Crippen LogP contribution in [0, 0.1) is 0 Å². The molecular weight excluding hydrogens is 353 g/mol. The van der Waals surface area contributed by atoms with Crippen molar-refractivity contribution in [3.63, 3.8) is 0 Å². The van der Waals surface area contributed by atoms with Crippen LogP contribution in [0.5, 0.6) is 0 Å². The second-order valence-corrected chi connectivity index (χ2v) is 8.73. The van der Waals surface area contributed by atoms with Gasteiger partial charge in [0.05, 0.1) is 0 Å². The predicted octanol–water partition coefficient (Wildman–Crippen LogP) is 5.79. The Hall–Kier alpha value is -1.51. The fraction of sp³-hybridized carbons (Fsp3) is 0.381. The number of para-hydroxylation sites is 1. The minimum Gasteiger partial charge on any atom is -0.305 e. The van der Waals surface area contributed by atoms with Crippen LogP contribution in [0.1, 0.15) is 45.2 Å². The number of rotatable bonds is 2. The third-order valence-corrected chi connectivity index (χ3v) is 5.61. The Labute approximate surface area is 159 Å². The first-order chi connectivity index (χ1) is 11.7. The van der Waals surface area contributed by atoms with Crippen molar-refractivity contribution in [1.82, 2.24) is 0 Å². The number of nitrogens with zero attached hydrogens (tertiary/aromatic N) is 1. The molecule has 0 bridgehead atoms. The van der Waals surface area contributed by atoms with Crippen LogP contribution in [0.25, 0.3) is 0 Å². The van der Waals surface area contributed by atoms with Crippen LogP contribution in [-0.2, 0) is 10.2 Å². The number of alkyl halides is 1. The van der Waals surface area contributed by atoms with Crippen molar-refractivity contribution in [1.29, 1.82) is 0 Å². The number of carbonyl (C=O) groups is 1. The molecule has 2 aromatic rings. The summed E-state index contributed by atoms with van der Waals surface area (Å²) in [6.07, 6.45) is 0.800. The lowest BCUT2D eigenvalue weighted by Crippen LogP contribution is -2.57. The molecule has 4 heteroatoms. The Morgan fingerprint density at radius 1 is 1.08 bits per heavy atom. The number of fused-ring (bicyclic) bond motifs is 1. The van der Waals surface area contributed by atoms with Crippen LogP contribution in [0.2, 0.25) is 5.02 Å². The molecule has 1 heterocycles. The quantitative estimate of drug-likeness (QED) is 0.608. The van der Waals surface area contributed by atoms with Gasteiger partial charge in [-0.05, 0) is 56.5 Å². The van der Waals surface area contributed by atoms with E-state index in [0.717, 1.165) is 22.7 Å². The second-order valence-electron chi connectivity index (χ2n) is 7.64. The van der Waals surface area contributed by atoms with Crippen LogP contribution >= 0.6 is 23.2 Å². The molecular formula is C21H23Cl2NO. The highest BCUT2D eigenvalue weighted by molar-refractivity contribution is 6.32. The highest BCUT2D eigenvalue weighted by Gasteiger charge is 2.48. The summed E-state index contributed by atoms with van der Waals surface area (Å²) in [4.78, 5) is 14.7. The molecule has 1 amide bonds. The smallest absolute Gasteiger partial charge is 0.245 e. The average Bonchev–Trinajstić information content (AvgIpc) is 2.54. The van der Waals surface area contributed by atoms with Gasteiger partial charge in [-0.2, -0.15) is 0 Å². The summed E-state index contributed by atoms with van der Waals surface area (Å²) >= 11 is 12.2. The number of benzene rings is 2. The molecule has 0 saturated heterocycles. The summed E-state index contributed by atoms with van der Waals surface area (Å²) in [5.41, 5.74) is 2.71. The van der Waals surface area contributed by atoms with E-state index in [1.54, 1.807) is 6.92 Å². The summed E-state index contributed by atoms with van der Waals surface area (Å²) in [5.74, 6) is -0.0581. The molecule has 0 radical (unpaired) electrons. The zero-order chi connectivity index (χ0) is 18.4. The van der Waals surface area contributed by atoms with Gasteiger partial charge in [0, 0.05) is 21.7 Å². The van der Waals surface area contributed by atoms with Crippen molar-refractivity contribution in [3.05, 3.63) is 64.7 Å². The van der Waals surface area contributed by atoms with Crippen LogP contribution in [0.3, 0.4) is 0 Å². The van der Waals surface area contributed by atoms with Crippen molar-refractivity contribution in [2.45, 2.75) is 50.4 Å². The highest BCUT2D eigenvalue weighted by Crippen LogP contribution is 2.50. The largest absolute Gasteiger partial charge is 0.305 e. The SMILES string of the molecule is CC(Cl)C(=O)N1c2ccccc2C(C)(c2ccc(Cl)cc2)CC1(C)C. The van der Waals surface area contributed by atoms with Crippen LogP contribution in [0.15, 0.2) is 48.5 Å². The van der Waals surface area contributed by atoms with E-state index in [1.807, 2.05) is 35.2 Å². The zero-order valence-corrected chi connectivity index (χ0v) is 16.5. The average molecular weight is 376 g/mol. The van der Waals surface area contributed by atoms with E-state index in [4.69, 9.17) is 23.2 Å². The molecule has 3 rings (SSSR count). The van der Waals surface area contributed by atoms with Gasteiger partial charge in [-0.3, -0.25) is 4.79 Å². The van der Waals surface area contributed by atoms with E-state index in [-0.39, 0.29) is 16.9 Å². The maximum Gasteiger partial charge on any atom is 0.245 e. The normalized spacial score (nSPS) is 23.0. The van der Waals surface area contributed by atoms with E-state index in [9.17, 15) is 4.79 Å². The standard InChI is InChI=1S/C21H23Cl2NO/c1-14(22)19(25)24-18-8-6-5-7-17(18)21(4,13-20(24,2)3)15-9-11-16(23)12-10-15/h5-12,14H,13H2,1-4H3. The van der Waals surface area contributed by atoms with Crippen molar-refractivity contribution in [3.8, 4) is 0 Å². The third kappa shape index (κ3) is 3.07. The molecule has 0 N–H and O–H groups in total. The van der Waals surface area contributed by atoms with Gasteiger partial charge in [-0.25, -0.2) is 0 Å². The van der Waals surface area contributed by atoms with Crippen LogP contribution in [-0.4, -0.2) is 16.8 Å². The number of halogens is 2. The van der Waals surface area contributed by atoms with E-state index >= 15 is 0 Å². The molecule has 2 nitrogen and oxygen atoms in total. The van der Waals surface area contributed by atoms with Crippen LogP contribution < -0.4 is 4.90 Å². The zero-order valence-electron chi connectivity index (χ0n) is 15.0. The summed E-state index contributed by atoms with van der Waals surface area (Å²) in [5, 5.41) is 0.163. The Morgan fingerprint density at radius 3 is 2.28 bits per heavy atom. The molecule has 0 aromatic heterocycles. The Bertz CT molecular complexity index is 798. The number of carbonyl (C=O) groups excluding carboxylic acids is 1. The van der Waals surface area contributed by atoms with Crippen molar-refractivity contribution in [2.75, 3.05) is 4.90 Å². The summed E-state index contributed by atoms with van der Waals surface area (Å²) in [6.45, 7) is 8.18. The summed E-state index contributed by atoms with van der Waals surface area (Å²) in [6, 6.07) is 16.1. The first-order valence-corrected chi connectivity index (χ1v) is 9.32. The minimum absolute atomic E-state index is 0.0581. The molecule has 1 aliphatic heterocycles. The topological polar surface area (TPSA) is 20.3 Å². The Kier molecular flexibility index (Phi) is 4.63. The molecule has 2 unspecified atom stereocenters. The maximum atomic E-state index is 12.8. The van der Waals surface area contributed by atoms with E-state index < -0.39 is 5.38 Å². The number of hydrogen-bond acceptors (Lipinski definition) is 1. The lowest BCUT2D eigenvalue weighted by atomic mass is 9.65. The van der Waals surface area contributed by atoms with Gasteiger partial charge in [-0.1, -0.05) is 48.9 Å². The van der Waals surface area contributed by atoms with Gasteiger partial charge in [0.1, 0.15) is 5.38 Å². The third-order valence-electron chi connectivity index (χ3n) is 5.17. The van der Waals surface area contributed by atoms with Gasteiger partial charge < -0.3 is 4.90 Å². The molecule has 2 atom stereocenters. The molecule has 25 heavy (non-hydrogen) atoms. The first kappa shape index (κ1) is 18.3. The monoisotopic (exact) mass is 375 g/mol. The van der Waals surface area contributed by atoms with E-state index in [1.165, 1.54) is 5.56 Å². The highest BCUT2D eigenvalue weighted by atomic mass is 35.5. The molecule has 1 aliphatic rings. The summed E-state index contributed by atoms with van der Waals surface area (Å²) in [7, 11) is 0. The number of amides is 1. The van der Waals surface area contributed by atoms with Gasteiger partial charge in [0.2, 0.25) is 5.91 Å². The van der Waals surface area contributed by atoms with Crippen molar-refractivity contribution >= 4 is 34.8 Å². The van der Waals surface area contributed by atoms with Crippen LogP contribution in [0.4, 0.5) is 5.69 Å². The van der Waals surface area contributed by atoms with Gasteiger partial charge in [0.25, 0.3) is 0 Å². The Morgan fingerprint density at radius 2 is 1.68 bits per heavy atom. The lowest BCUT2D eigenvalue weighted by molar-refractivity contribution is -0.119. The van der Waals surface area contributed by atoms with Gasteiger partial charge in [-0.15, -0.1) is 11.6 Å². The molecule has 0 aliphatic carbocycles. The predicted molar refractivity (Wildman–Crippen MR) is 106 cm³/mol. The number of anilines is 1. The van der Waals surface area contributed by atoms with Crippen molar-refractivity contribution < 1.29 is 4.79 Å². The molecule has 0 saturated carbocycles.